The van der Waals surface area contributed by atoms with Gasteiger partial charge in [-0.15, -0.1) is 5.10 Å². The van der Waals surface area contributed by atoms with Crippen molar-refractivity contribution in [1.29, 1.82) is 0 Å². The SMILES string of the molecule is CCn1nc(NC(=O)C(C)Oc2nn(-c3ccccc3)cc2Br)cc1C. The van der Waals surface area contributed by atoms with E-state index < -0.39 is 6.10 Å². The predicted molar refractivity (Wildman–Crippen MR) is 103 cm³/mol. The van der Waals surface area contributed by atoms with E-state index in [0.29, 0.717) is 16.2 Å². The highest BCUT2D eigenvalue weighted by Gasteiger charge is 2.20. The van der Waals surface area contributed by atoms with Crippen molar-refractivity contribution in [2.45, 2.75) is 33.4 Å². The summed E-state index contributed by atoms with van der Waals surface area (Å²) in [7, 11) is 0. The Kier molecular flexibility index (Phi) is 5.41. The van der Waals surface area contributed by atoms with Crippen LogP contribution in [0.2, 0.25) is 0 Å². The fourth-order valence-corrected chi connectivity index (χ4v) is 2.84. The molecule has 3 aromatic rings. The summed E-state index contributed by atoms with van der Waals surface area (Å²) in [5.74, 6) is 0.581. The normalized spacial score (nSPS) is 12.0. The molecule has 1 atom stereocenters. The zero-order valence-corrected chi connectivity index (χ0v) is 16.4. The van der Waals surface area contributed by atoms with E-state index in [1.165, 1.54) is 0 Å². The second kappa shape index (κ2) is 7.74. The highest BCUT2D eigenvalue weighted by molar-refractivity contribution is 9.10. The maximum Gasteiger partial charge on any atom is 0.266 e. The topological polar surface area (TPSA) is 74.0 Å². The third-order valence-electron chi connectivity index (χ3n) is 3.85. The van der Waals surface area contributed by atoms with Crippen LogP contribution in [-0.4, -0.2) is 31.6 Å². The lowest BCUT2D eigenvalue weighted by molar-refractivity contribution is -0.122. The highest BCUT2D eigenvalue weighted by Crippen LogP contribution is 2.25. The van der Waals surface area contributed by atoms with E-state index in [0.717, 1.165) is 17.9 Å². The van der Waals surface area contributed by atoms with Gasteiger partial charge in [0.05, 0.1) is 10.2 Å². The summed E-state index contributed by atoms with van der Waals surface area (Å²) < 4.78 is 9.90. The summed E-state index contributed by atoms with van der Waals surface area (Å²) in [4.78, 5) is 12.4. The monoisotopic (exact) mass is 417 g/mol. The summed E-state index contributed by atoms with van der Waals surface area (Å²) in [5.41, 5.74) is 1.89. The van der Waals surface area contributed by atoms with Crippen molar-refractivity contribution >= 4 is 27.7 Å². The molecule has 1 N–H and O–H groups in total. The molecule has 8 heteroatoms. The smallest absolute Gasteiger partial charge is 0.266 e. The number of halogens is 1. The van der Waals surface area contributed by atoms with Gasteiger partial charge >= 0.3 is 0 Å². The zero-order chi connectivity index (χ0) is 18.7. The number of hydrogen-bond donors (Lipinski definition) is 1. The Morgan fingerprint density at radius 2 is 2.04 bits per heavy atom. The Morgan fingerprint density at radius 1 is 1.31 bits per heavy atom. The molecule has 2 aromatic heterocycles. The molecule has 0 fully saturated rings. The van der Waals surface area contributed by atoms with Gasteiger partial charge in [0.2, 0.25) is 5.88 Å². The van der Waals surface area contributed by atoms with Crippen molar-refractivity contribution in [2.75, 3.05) is 5.32 Å². The molecule has 0 spiro atoms. The van der Waals surface area contributed by atoms with Crippen molar-refractivity contribution in [3.05, 3.63) is 52.8 Å². The van der Waals surface area contributed by atoms with Crippen molar-refractivity contribution < 1.29 is 9.53 Å². The molecule has 0 saturated heterocycles. The van der Waals surface area contributed by atoms with Gasteiger partial charge in [0.25, 0.3) is 5.91 Å². The van der Waals surface area contributed by atoms with E-state index in [4.69, 9.17) is 4.74 Å². The van der Waals surface area contributed by atoms with Crippen molar-refractivity contribution in [3.8, 4) is 11.6 Å². The third-order valence-corrected chi connectivity index (χ3v) is 4.39. The molecule has 3 rings (SSSR count). The molecule has 0 saturated carbocycles. The Bertz CT molecular complexity index is 904. The lowest BCUT2D eigenvalue weighted by Gasteiger charge is -2.12. The average Bonchev–Trinajstić information content (AvgIpc) is 3.18. The number of carbonyl (C=O) groups excluding carboxylic acids is 1. The van der Waals surface area contributed by atoms with E-state index >= 15 is 0 Å². The summed E-state index contributed by atoms with van der Waals surface area (Å²) in [6, 6.07) is 11.5. The summed E-state index contributed by atoms with van der Waals surface area (Å²) in [6.45, 7) is 6.36. The fourth-order valence-electron chi connectivity index (χ4n) is 2.47. The van der Waals surface area contributed by atoms with Crippen LogP contribution in [0, 0.1) is 6.92 Å². The molecule has 7 nitrogen and oxygen atoms in total. The van der Waals surface area contributed by atoms with E-state index in [9.17, 15) is 4.79 Å². The molecule has 1 aromatic carbocycles. The quantitative estimate of drug-likeness (QED) is 0.665. The van der Waals surface area contributed by atoms with Gasteiger partial charge in [0.15, 0.2) is 11.9 Å². The largest absolute Gasteiger partial charge is 0.463 e. The Balaban J connectivity index is 1.68. The standard InChI is InChI=1S/C18H20BrN5O2/c1-4-23-12(2)10-16(21-23)20-17(25)13(3)26-18-15(19)11-24(22-18)14-8-6-5-7-9-14/h5-11,13H,4H2,1-3H3,(H,20,21,25). The van der Waals surface area contributed by atoms with Crippen molar-refractivity contribution in [1.82, 2.24) is 19.6 Å². The number of ether oxygens (including phenoxy) is 1. The van der Waals surface area contributed by atoms with Crippen molar-refractivity contribution in [2.24, 2.45) is 0 Å². The first-order chi connectivity index (χ1) is 12.5. The molecule has 2 heterocycles. The average molecular weight is 418 g/mol. The Labute approximate surface area is 160 Å². The van der Waals surface area contributed by atoms with E-state index in [2.05, 4.69) is 31.4 Å². The molecule has 1 unspecified atom stereocenters. The van der Waals surface area contributed by atoms with Crippen LogP contribution in [0.3, 0.4) is 0 Å². The number of para-hydroxylation sites is 1. The highest BCUT2D eigenvalue weighted by atomic mass is 79.9. The van der Waals surface area contributed by atoms with Gasteiger partial charge < -0.3 is 10.1 Å². The molecule has 26 heavy (non-hydrogen) atoms. The Hall–Kier alpha value is -2.61. The van der Waals surface area contributed by atoms with Crippen LogP contribution in [0.5, 0.6) is 5.88 Å². The number of aromatic nitrogens is 4. The van der Waals surface area contributed by atoms with Gasteiger partial charge in [0, 0.05) is 24.5 Å². The first-order valence-electron chi connectivity index (χ1n) is 8.30. The lowest BCUT2D eigenvalue weighted by Crippen LogP contribution is -2.30. The van der Waals surface area contributed by atoms with Crippen molar-refractivity contribution in [3.63, 3.8) is 0 Å². The van der Waals surface area contributed by atoms with Gasteiger partial charge in [-0.3, -0.25) is 9.48 Å². The summed E-state index contributed by atoms with van der Waals surface area (Å²) >= 11 is 3.43. The second-order valence-electron chi connectivity index (χ2n) is 5.80. The second-order valence-corrected chi connectivity index (χ2v) is 6.65. The van der Waals surface area contributed by atoms with Gasteiger partial charge in [-0.1, -0.05) is 18.2 Å². The van der Waals surface area contributed by atoms with Gasteiger partial charge in [-0.2, -0.15) is 5.10 Å². The maximum absolute atomic E-state index is 12.4. The first-order valence-corrected chi connectivity index (χ1v) is 9.09. The lowest BCUT2D eigenvalue weighted by atomic mass is 10.3. The molecule has 0 aliphatic heterocycles. The van der Waals surface area contributed by atoms with Crippen LogP contribution >= 0.6 is 15.9 Å². The molecular formula is C18H20BrN5O2. The minimum Gasteiger partial charge on any atom is -0.463 e. The third kappa shape index (κ3) is 3.96. The fraction of sp³-hybridized carbons (Fsp3) is 0.278. The molecule has 0 aliphatic rings. The number of anilines is 1. The molecular weight excluding hydrogens is 398 g/mol. The number of amides is 1. The molecule has 0 bridgehead atoms. The predicted octanol–water partition coefficient (Wildman–Crippen LogP) is 3.57. The Morgan fingerprint density at radius 3 is 2.69 bits per heavy atom. The summed E-state index contributed by atoms with van der Waals surface area (Å²) in [5, 5.41) is 11.5. The first kappa shape index (κ1) is 18.2. The number of benzene rings is 1. The van der Waals surface area contributed by atoms with Gasteiger partial charge in [0.1, 0.15) is 0 Å². The molecule has 0 radical (unpaired) electrons. The minimum atomic E-state index is -0.725. The van der Waals surface area contributed by atoms with Crippen LogP contribution in [0.4, 0.5) is 5.82 Å². The number of nitrogens with zero attached hydrogens (tertiary/aromatic N) is 4. The molecule has 136 valence electrons. The van der Waals surface area contributed by atoms with Crippen LogP contribution in [-0.2, 0) is 11.3 Å². The zero-order valence-electron chi connectivity index (χ0n) is 14.8. The van der Waals surface area contributed by atoms with E-state index in [1.807, 2.05) is 54.9 Å². The number of nitrogens with one attached hydrogen (secondary N) is 1. The number of aryl methyl sites for hydroxylation is 2. The van der Waals surface area contributed by atoms with Crippen LogP contribution in [0.15, 0.2) is 47.1 Å². The van der Waals surface area contributed by atoms with E-state index in [1.54, 1.807) is 17.8 Å². The van der Waals surface area contributed by atoms with Crippen LogP contribution in [0.25, 0.3) is 5.69 Å². The van der Waals surface area contributed by atoms with Gasteiger partial charge in [-0.05, 0) is 48.8 Å². The minimum absolute atomic E-state index is 0.285. The number of rotatable bonds is 6. The van der Waals surface area contributed by atoms with Gasteiger partial charge in [-0.25, -0.2) is 4.68 Å². The van der Waals surface area contributed by atoms with E-state index in [-0.39, 0.29) is 5.91 Å². The molecule has 1 amide bonds. The number of carbonyl (C=O) groups is 1. The summed E-state index contributed by atoms with van der Waals surface area (Å²) in [6.07, 6.45) is 1.07. The molecule has 0 aliphatic carbocycles. The number of hydrogen-bond acceptors (Lipinski definition) is 4. The van der Waals surface area contributed by atoms with Crippen LogP contribution in [0.1, 0.15) is 19.5 Å². The maximum atomic E-state index is 12.4. The van der Waals surface area contributed by atoms with Crippen LogP contribution < -0.4 is 10.1 Å².